The second-order valence-electron chi connectivity index (χ2n) is 4.56. The number of nitrogens with two attached hydrogens (primary N) is 2. The van der Waals surface area contributed by atoms with Crippen molar-refractivity contribution in [2.75, 3.05) is 26.2 Å². The van der Waals surface area contributed by atoms with Crippen molar-refractivity contribution < 1.29 is 0 Å². The van der Waals surface area contributed by atoms with Gasteiger partial charge in [-0.3, -0.25) is 4.90 Å². The lowest BCUT2D eigenvalue weighted by molar-refractivity contribution is 0.145. The van der Waals surface area contributed by atoms with Gasteiger partial charge in [0.05, 0.1) is 12.1 Å². The predicted molar refractivity (Wildman–Crippen MR) is 72.3 cm³/mol. The zero-order chi connectivity index (χ0) is 13.8. The summed E-state index contributed by atoms with van der Waals surface area (Å²) in [6.07, 6.45) is 2.90. The molecule has 0 spiro atoms. The van der Waals surface area contributed by atoms with Crippen LogP contribution < -0.4 is 11.5 Å². The lowest BCUT2D eigenvalue weighted by atomic mass is 9.95. The van der Waals surface area contributed by atoms with Crippen LogP contribution in [-0.4, -0.2) is 37.1 Å². The highest BCUT2D eigenvalue weighted by atomic mass is 15.2. The quantitative estimate of drug-likeness (QED) is 0.598. The van der Waals surface area contributed by atoms with Crippen LogP contribution >= 0.6 is 0 Å². The molecule has 0 amide bonds. The first-order valence-electron chi connectivity index (χ1n) is 6.59. The summed E-state index contributed by atoms with van der Waals surface area (Å²) in [7, 11) is 0. The predicted octanol–water partition coefficient (Wildman–Crippen LogP) is 0.818. The summed E-state index contributed by atoms with van der Waals surface area (Å²) in [6.45, 7) is 4.81. The molecule has 0 aromatic rings. The van der Waals surface area contributed by atoms with E-state index in [1.807, 2.05) is 0 Å². The van der Waals surface area contributed by atoms with Gasteiger partial charge in [0, 0.05) is 32.0 Å². The Kier molecular flexibility index (Phi) is 10.3. The molecule has 0 aromatic carbocycles. The van der Waals surface area contributed by atoms with Crippen LogP contribution in [0.5, 0.6) is 0 Å². The molecule has 0 aromatic heterocycles. The Bertz CT molecular complexity index is 260. The SMILES string of the molecule is CC(CN)C(CCCN)N(CCC#N)CCC#N. The molecule has 0 aliphatic carbocycles. The van der Waals surface area contributed by atoms with Gasteiger partial charge in [-0.2, -0.15) is 10.5 Å². The Morgan fingerprint density at radius 1 is 1.11 bits per heavy atom. The van der Waals surface area contributed by atoms with Crippen LogP contribution in [0.25, 0.3) is 0 Å². The third-order valence-corrected chi connectivity index (χ3v) is 3.22. The topological polar surface area (TPSA) is 103 Å². The van der Waals surface area contributed by atoms with Crippen LogP contribution in [-0.2, 0) is 0 Å². The van der Waals surface area contributed by atoms with Crippen LogP contribution in [0.2, 0.25) is 0 Å². The van der Waals surface area contributed by atoms with Gasteiger partial charge in [-0.25, -0.2) is 0 Å². The van der Waals surface area contributed by atoms with E-state index < -0.39 is 0 Å². The van der Waals surface area contributed by atoms with E-state index in [1.54, 1.807) is 0 Å². The zero-order valence-corrected chi connectivity index (χ0v) is 11.3. The summed E-state index contributed by atoms with van der Waals surface area (Å²) in [6, 6.07) is 4.64. The van der Waals surface area contributed by atoms with E-state index in [9.17, 15) is 0 Å². The largest absolute Gasteiger partial charge is 0.330 e. The van der Waals surface area contributed by atoms with Crippen molar-refractivity contribution in [2.45, 2.75) is 38.6 Å². The van der Waals surface area contributed by atoms with Gasteiger partial charge in [0.1, 0.15) is 0 Å². The molecular weight excluding hydrogens is 226 g/mol. The summed E-state index contributed by atoms with van der Waals surface area (Å²) < 4.78 is 0. The van der Waals surface area contributed by atoms with Crippen LogP contribution in [0.3, 0.4) is 0 Å². The van der Waals surface area contributed by atoms with Gasteiger partial charge in [-0.15, -0.1) is 0 Å². The molecule has 2 unspecified atom stereocenters. The minimum atomic E-state index is 0.320. The Morgan fingerprint density at radius 2 is 1.67 bits per heavy atom. The smallest absolute Gasteiger partial charge is 0.0635 e. The molecule has 0 saturated heterocycles. The maximum absolute atomic E-state index is 8.71. The lowest BCUT2D eigenvalue weighted by Crippen LogP contribution is -2.43. The summed E-state index contributed by atoms with van der Waals surface area (Å²) in [5, 5.41) is 17.4. The molecule has 4 N–H and O–H groups in total. The maximum Gasteiger partial charge on any atom is 0.0635 e. The van der Waals surface area contributed by atoms with Crippen molar-refractivity contribution in [1.29, 1.82) is 10.5 Å². The molecule has 102 valence electrons. The Hall–Kier alpha value is -1.14. The van der Waals surface area contributed by atoms with E-state index in [4.69, 9.17) is 22.0 Å². The summed E-state index contributed by atoms with van der Waals surface area (Å²) in [4.78, 5) is 2.22. The van der Waals surface area contributed by atoms with Gasteiger partial charge in [-0.05, 0) is 31.8 Å². The zero-order valence-electron chi connectivity index (χ0n) is 11.3. The minimum Gasteiger partial charge on any atom is -0.330 e. The monoisotopic (exact) mass is 251 g/mol. The van der Waals surface area contributed by atoms with E-state index in [0.29, 0.717) is 51.0 Å². The van der Waals surface area contributed by atoms with E-state index in [2.05, 4.69) is 24.0 Å². The molecule has 5 heteroatoms. The first-order valence-corrected chi connectivity index (χ1v) is 6.59. The van der Waals surface area contributed by atoms with E-state index in [-0.39, 0.29) is 0 Å². The Labute approximate surface area is 110 Å². The fraction of sp³-hybridized carbons (Fsp3) is 0.846. The van der Waals surface area contributed by atoms with Crippen molar-refractivity contribution in [2.24, 2.45) is 17.4 Å². The summed E-state index contributed by atoms with van der Waals surface area (Å²) in [5.74, 6) is 0.355. The van der Waals surface area contributed by atoms with Crippen LogP contribution in [0, 0.1) is 28.6 Å². The van der Waals surface area contributed by atoms with Gasteiger partial charge in [-0.1, -0.05) is 6.92 Å². The molecule has 2 atom stereocenters. The maximum atomic E-state index is 8.71. The molecule has 0 aliphatic rings. The first kappa shape index (κ1) is 16.9. The number of nitriles is 2. The van der Waals surface area contributed by atoms with Crippen LogP contribution in [0.1, 0.15) is 32.6 Å². The molecule has 0 bridgehead atoms. The molecular formula is C13H25N5. The van der Waals surface area contributed by atoms with Gasteiger partial charge >= 0.3 is 0 Å². The first-order chi connectivity index (χ1) is 8.71. The van der Waals surface area contributed by atoms with Crippen molar-refractivity contribution in [3.63, 3.8) is 0 Å². The van der Waals surface area contributed by atoms with Gasteiger partial charge in [0.25, 0.3) is 0 Å². The number of rotatable bonds is 10. The minimum absolute atomic E-state index is 0.320. The van der Waals surface area contributed by atoms with Gasteiger partial charge < -0.3 is 11.5 Å². The fourth-order valence-electron chi connectivity index (χ4n) is 2.14. The highest BCUT2D eigenvalue weighted by Gasteiger charge is 2.22. The van der Waals surface area contributed by atoms with Crippen LogP contribution in [0.15, 0.2) is 0 Å². The Morgan fingerprint density at radius 3 is 2.06 bits per heavy atom. The molecule has 0 aliphatic heterocycles. The van der Waals surface area contributed by atoms with Gasteiger partial charge in [0.15, 0.2) is 0 Å². The average molecular weight is 251 g/mol. The Balaban J connectivity index is 4.59. The molecule has 0 heterocycles. The molecule has 18 heavy (non-hydrogen) atoms. The molecule has 0 radical (unpaired) electrons. The van der Waals surface area contributed by atoms with E-state index >= 15 is 0 Å². The van der Waals surface area contributed by atoms with Crippen molar-refractivity contribution in [1.82, 2.24) is 4.90 Å². The fourth-order valence-corrected chi connectivity index (χ4v) is 2.14. The summed E-state index contributed by atoms with van der Waals surface area (Å²) >= 11 is 0. The average Bonchev–Trinajstić information content (AvgIpc) is 2.40. The van der Waals surface area contributed by atoms with Gasteiger partial charge in [0.2, 0.25) is 0 Å². The van der Waals surface area contributed by atoms with E-state index in [1.165, 1.54) is 0 Å². The third kappa shape index (κ3) is 6.56. The van der Waals surface area contributed by atoms with Crippen LogP contribution in [0.4, 0.5) is 0 Å². The molecule has 0 fully saturated rings. The second-order valence-corrected chi connectivity index (χ2v) is 4.56. The van der Waals surface area contributed by atoms with Crippen molar-refractivity contribution >= 4 is 0 Å². The summed E-state index contributed by atoms with van der Waals surface area (Å²) in [5.41, 5.74) is 11.3. The molecule has 0 saturated carbocycles. The second kappa shape index (κ2) is 11.0. The van der Waals surface area contributed by atoms with E-state index in [0.717, 1.165) is 12.8 Å². The lowest BCUT2D eigenvalue weighted by Gasteiger charge is -2.34. The number of hydrogen-bond donors (Lipinski definition) is 2. The van der Waals surface area contributed by atoms with Crippen molar-refractivity contribution in [3.8, 4) is 12.1 Å². The highest BCUT2D eigenvalue weighted by Crippen LogP contribution is 2.17. The van der Waals surface area contributed by atoms with Crippen molar-refractivity contribution in [3.05, 3.63) is 0 Å². The number of hydrogen-bond acceptors (Lipinski definition) is 5. The highest BCUT2D eigenvalue weighted by molar-refractivity contribution is 4.83. The normalized spacial score (nSPS) is 13.9. The third-order valence-electron chi connectivity index (χ3n) is 3.22. The number of nitrogens with zero attached hydrogens (tertiary/aromatic N) is 3. The molecule has 5 nitrogen and oxygen atoms in total. The standard InChI is InChI=1S/C13H25N5/c1-12(11-17)13(5-2-6-14)18(9-3-7-15)10-4-8-16/h12-13H,2-6,9-11,14,17H2,1H3. The molecule has 0 rings (SSSR count).